The molecule has 6 nitrogen and oxygen atoms in total. The summed E-state index contributed by atoms with van der Waals surface area (Å²) in [5.74, 6) is -0.0118. The standard InChI is InChI=1S/C25H28Cl2N4O2/c1-6-30(24(33)18-10-8-7-9-16(18)2)15-23(32)28-22-14-21(25(3,4)5)29-31(22)17-11-12-19(26)20(27)13-17/h7-14H,6,15H2,1-5H3,(H,28,32). The predicted molar refractivity (Wildman–Crippen MR) is 134 cm³/mol. The van der Waals surface area contributed by atoms with E-state index in [4.69, 9.17) is 23.2 Å². The molecule has 0 aliphatic heterocycles. The van der Waals surface area contributed by atoms with Crippen LogP contribution in [-0.2, 0) is 10.2 Å². The van der Waals surface area contributed by atoms with Crippen LogP contribution in [0.1, 0.15) is 49.3 Å². The lowest BCUT2D eigenvalue weighted by molar-refractivity contribution is -0.116. The van der Waals surface area contributed by atoms with Gasteiger partial charge < -0.3 is 10.2 Å². The smallest absolute Gasteiger partial charge is 0.254 e. The van der Waals surface area contributed by atoms with Crippen molar-refractivity contribution in [3.8, 4) is 5.69 Å². The zero-order chi connectivity index (χ0) is 24.3. The van der Waals surface area contributed by atoms with E-state index in [1.54, 1.807) is 28.9 Å². The van der Waals surface area contributed by atoms with Crippen LogP contribution in [-0.4, -0.2) is 39.6 Å². The topological polar surface area (TPSA) is 67.2 Å². The first-order valence-corrected chi connectivity index (χ1v) is 11.5. The number of nitrogens with zero attached hydrogens (tertiary/aromatic N) is 3. The summed E-state index contributed by atoms with van der Waals surface area (Å²) in [7, 11) is 0. The number of hydrogen-bond acceptors (Lipinski definition) is 3. The summed E-state index contributed by atoms with van der Waals surface area (Å²) in [5.41, 5.74) is 2.68. The van der Waals surface area contributed by atoms with E-state index in [2.05, 4.69) is 10.4 Å². The fourth-order valence-electron chi connectivity index (χ4n) is 3.32. The molecule has 0 fully saturated rings. The zero-order valence-corrected chi connectivity index (χ0v) is 21.0. The molecule has 33 heavy (non-hydrogen) atoms. The van der Waals surface area contributed by atoms with Crippen LogP contribution in [0.15, 0.2) is 48.5 Å². The number of anilines is 1. The van der Waals surface area contributed by atoms with E-state index >= 15 is 0 Å². The average Bonchev–Trinajstić information content (AvgIpc) is 3.18. The molecule has 0 aliphatic rings. The zero-order valence-electron chi connectivity index (χ0n) is 19.4. The lowest BCUT2D eigenvalue weighted by atomic mass is 9.92. The quantitative estimate of drug-likeness (QED) is 0.472. The van der Waals surface area contributed by atoms with Crippen molar-refractivity contribution in [2.45, 2.75) is 40.0 Å². The normalized spacial score (nSPS) is 11.4. The molecule has 3 rings (SSSR count). The minimum atomic E-state index is -0.319. The van der Waals surface area contributed by atoms with Crippen molar-refractivity contribution < 1.29 is 9.59 Å². The summed E-state index contributed by atoms with van der Waals surface area (Å²) in [6, 6.07) is 14.3. The largest absolute Gasteiger partial charge is 0.330 e. The molecule has 0 unspecified atom stereocenters. The van der Waals surface area contributed by atoms with E-state index in [0.29, 0.717) is 33.7 Å². The molecule has 0 saturated heterocycles. The van der Waals surface area contributed by atoms with Crippen molar-refractivity contribution in [1.82, 2.24) is 14.7 Å². The van der Waals surface area contributed by atoms with Gasteiger partial charge in [-0.1, -0.05) is 62.2 Å². The van der Waals surface area contributed by atoms with Crippen molar-refractivity contribution >= 4 is 40.8 Å². The number of likely N-dealkylation sites (N-methyl/N-ethyl adjacent to an activating group) is 1. The minimum Gasteiger partial charge on any atom is -0.330 e. The van der Waals surface area contributed by atoms with E-state index in [1.165, 1.54) is 4.90 Å². The molecule has 0 atom stereocenters. The Morgan fingerprint density at radius 3 is 2.36 bits per heavy atom. The van der Waals surface area contributed by atoms with Gasteiger partial charge >= 0.3 is 0 Å². The molecule has 8 heteroatoms. The third kappa shape index (κ3) is 5.75. The highest BCUT2D eigenvalue weighted by Gasteiger charge is 2.23. The lowest BCUT2D eigenvalue weighted by Gasteiger charge is -2.21. The Labute approximate surface area is 204 Å². The number of carbonyl (C=O) groups is 2. The number of amides is 2. The second-order valence-electron chi connectivity index (χ2n) is 8.86. The Bertz CT molecular complexity index is 1180. The van der Waals surface area contributed by atoms with Crippen LogP contribution in [0.5, 0.6) is 0 Å². The van der Waals surface area contributed by atoms with Crippen LogP contribution in [0.4, 0.5) is 5.82 Å². The Morgan fingerprint density at radius 2 is 1.76 bits per heavy atom. The molecule has 0 bridgehead atoms. The van der Waals surface area contributed by atoms with Gasteiger partial charge in [0.1, 0.15) is 12.4 Å². The summed E-state index contributed by atoms with van der Waals surface area (Å²) in [4.78, 5) is 27.5. The molecule has 0 aliphatic carbocycles. The van der Waals surface area contributed by atoms with E-state index < -0.39 is 0 Å². The van der Waals surface area contributed by atoms with Crippen molar-refractivity contribution in [2.75, 3.05) is 18.4 Å². The highest BCUT2D eigenvalue weighted by molar-refractivity contribution is 6.42. The van der Waals surface area contributed by atoms with Gasteiger partial charge in [0.25, 0.3) is 5.91 Å². The Morgan fingerprint density at radius 1 is 1.06 bits per heavy atom. The van der Waals surface area contributed by atoms with Crippen LogP contribution >= 0.6 is 23.2 Å². The maximum absolute atomic E-state index is 13.0. The third-order valence-corrected chi connectivity index (χ3v) is 6.01. The van der Waals surface area contributed by atoms with Crippen LogP contribution in [0.3, 0.4) is 0 Å². The Balaban J connectivity index is 1.87. The van der Waals surface area contributed by atoms with Gasteiger partial charge in [-0.15, -0.1) is 0 Å². The molecular formula is C25H28Cl2N4O2. The molecule has 1 N–H and O–H groups in total. The number of rotatable bonds is 6. The first-order valence-electron chi connectivity index (χ1n) is 10.7. The van der Waals surface area contributed by atoms with Gasteiger partial charge in [-0.2, -0.15) is 5.10 Å². The molecule has 1 aromatic heterocycles. The van der Waals surface area contributed by atoms with Crippen LogP contribution < -0.4 is 5.32 Å². The first kappa shape index (κ1) is 24.8. The second kappa shape index (κ2) is 9.98. The van der Waals surface area contributed by atoms with Crippen molar-refractivity contribution in [1.29, 1.82) is 0 Å². The SMILES string of the molecule is CCN(CC(=O)Nc1cc(C(C)(C)C)nn1-c1ccc(Cl)c(Cl)c1)C(=O)c1ccccc1C. The maximum Gasteiger partial charge on any atom is 0.254 e. The molecular weight excluding hydrogens is 459 g/mol. The molecule has 1 heterocycles. The average molecular weight is 487 g/mol. The monoisotopic (exact) mass is 486 g/mol. The molecule has 2 aromatic carbocycles. The van der Waals surface area contributed by atoms with Gasteiger partial charge in [-0.3, -0.25) is 9.59 Å². The minimum absolute atomic E-state index is 0.0823. The summed E-state index contributed by atoms with van der Waals surface area (Å²) in [5, 5.41) is 8.42. The Hall–Kier alpha value is -2.83. The van der Waals surface area contributed by atoms with Gasteiger partial charge in [0.15, 0.2) is 0 Å². The Kier molecular flexibility index (Phi) is 7.50. The van der Waals surface area contributed by atoms with E-state index in [1.807, 2.05) is 58.9 Å². The third-order valence-electron chi connectivity index (χ3n) is 5.27. The summed E-state index contributed by atoms with van der Waals surface area (Å²) in [6.45, 7) is 10.2. The van der Waals surface area contributed by atoms with Gasteiger partial charge in [0, 0.05) is 23.6 Å². The van der Waals surface area contributed by atoms with Crippen molar-refractivity contribution in [3.05, 3.63) is 75.4 Å². The molecule has 2 amide bonds. The number of nitrogens with one attached hydrogen (secondary N) is 1. The van der Waals surface area contributed by atoms with Crippen molar-refractivity contribution in [3.63, 3.8) is 0 Å². The summed E-state index contributed by atoms with van der Waals surface area (Å²) in [6.07, 6.45) is 0. The first-order chi connectivity index (χ1) is 15.5. The highest BCUT2D eigenvalue weighted by atomic mass is 35.5. The number of aromatic nitrogens is 2. The molecule has 0 spiro atoms. The number of aryl methyl sites for hydroxylation is 1. The molecule has 3 aromatic rings. The number of carbonyl (C=O) groups excluding carboxylic acids is 2. The van der Waals surface area contributed by atoms with Crippen LogP contribution in [0, 0.1) is 6.92 Å². The summed E-state index contributed by atoms with van der Waals surface area (Å²) >= 11 is 12.3. The van der Waals surface area contributed by atoms with E-state index in [0.717, 1.165) is 11.3 Å². The predicted octanol–water partition coefficient (Wildman–Crippen LogP) is 5.89. The van der Waals surface area contributed by atoms with Gasteiger partial charge in [0.2, 0.25) is 5.91 Å². The van der Waals surface area contributed by atoms with Crippen LogP contribution in [0.2, 0.25) is 10.0 Å². The van der Waals surface area contributed by atoms with Crippen molar-refractivity contribution in [2.24, 2.45) is 0 Å². The van der Waals surface area contributed by atoms with E-state index in [9.17, 15) is 9.59 Å². The molecule has 174 valence electrons. The van der Waals surface area contributed by atoms with Gasteiger partial charge in [0.05, 0.1) is 21.4 Å². The fraction of sp³-hybridized carbons (Fsp3) is 0.320. The summed E-state index contributed by atoms with van der Waals surface area (Å²) < 4.78 is 1.63. The van der Waals surface area contributed by atoms with Crippen LogP contribution in [0.25, 0.3) is 5.69 Å². The number of hydrogen-bond donors (Lipinski definition) is 1. The highest BCUT2D eigenvalue weighted by Crippen LogP contribution is 2.29. The molecule has 0 radical (unpaired) electrons. The maximum atomic E-state index is 13.0. The molecule has 0 saturated carbocycles. The van der Waals surface area contributed by atoms with Gasteiger partial charge in [-0.05, 0) is 43.7 Å². The lowest BCUT2D eigenvalue weighted by Crippen LogP contribution is -2.38. The van der Waals surface area contributed by atoms with Gasteiger partial charge in [-0.25, -0.2) is 4.68 Å². The number of benzene rings is 2. The second-order valence-corrected chi connectivity index (χ2v) is 9.67. The fourth-order valence-corrected chi connectivity index (χ4v) is 3.61. The van der Waals surface area contributed by atoms with E-state index in [-0.39, 0.29) is 23.8 Å². The number of halogens is 2.